The van der Waals surface area contributed by atoms with Crippen LogP contribution in [0, 0.1) is 5.41 Å². The average Bonchev–Trinajstić information content (AvgIpc) is 2.61. The zero-order valence-corrected chi connectivity index (χ0v) is 13.8. The van der Waals surface area contributed by atoms with Crippen LogP contribution in [0.5, 0.6) is 11.6 Å². The lowest BCUT2D eigenvalue weighted by Gasteiger charge is -2.39. The normalized spacial score (nSPS) is 15.3. The largest absolute Gasteiger partial charge is 0.493 e. The highest BCUT2D eigenvalue weighted by atomic mass is 16.5. The van der Waals surface area contributed by atoms with E-state index in [1.807, 2.05) is 0 Å². The average molecular weight is 345 g/mol. The van der Waals surface area contributed by atoms with Gasteiger partial charge < -0.3 is 25.1 Å². The van der Waals surface area contributed by atoms with Crippen molar-refractivity contribution in [3.8, 4) is 23.0 Å². The van der Waals surface area contributed by atoms with Gasteiger partial charge in [-0.3, -0.25) is 9.78 Å². The number of nitrogens with two attached hydrogens (primary N) is 1. The molecule has 0 spiro atoms. The summed E-state index contributed by atoms with van der Waals surface area (Å²) in [6.07, 6.45) is 1.56. The molecule has 1 saturated heterocycles. The minimum Gasteiger partial charge on any atom is -0.493 e. The standard InChI is InChI=1S/C17H19N3O5/c1-23-14-3-2-12(16(18)22)15(20-14)13-6-11(4-5-19-13)25-10-17(7-21)8-24-9-17/h2-6,21H,7-10H2,1H3,(H2,18,22). The molecule has 2 aromatic heterocycles. The first-order valence-corrected chi connectivity index (χ1v) is 7.69. The Kier molecular flexibility index (Phi) is 4.82. The lowest BCUT2D eigenvalue weighted by Crippen LogP contribution is -2.49. The third kappa shape index (κ3) is 3.54. The number of aliphatic hydroxyl groups excluding tert-OH is 1. The molecule has 1 fully saturated rings. The lowest BCUT2D eigenvalue weighted by molar-refractivity contribution is -0.153. The van der Waals surface area contributed by atoms with Crippen molar-refractivity contribution in [1.29, 1.82) is 0 Å². The second-order valence-electron chi connectivity index (χ2n) is 5.93. The second kappa shape index (κ2) is 7.04. The number of methoxy groups -OCH3 is 1. The van der Waals surface area contributed by atoms with E-state index in [4.69, 9.17) is 19.9 Å². The molecule has 1 aliphatic rings. The van der Waals surface area contributed by atoms with Crippen LogP contribution < -0.4 is 15.2 Å². The SMILES string of the molecule is COc1ccc(C(N)=O)c(-c2cc(OCC3(CO)COC3)ccn2)n1. The van der Waals surface area contributed by atoms with E-state index in [0.717, 1.165) is 0 Å². The number of ether oxygens (including phenoxy) is 3. The summed E-state index contributed by atoms with van der Waals surface area (Å²) < 4.78 is 16.0. The van der Waals surface area contributed by atoms with Crippen LogP contribution in [0.15, 0.2) is 30.5 Å². The van der Waals surface area contributed by atoms with E-state index in [9.17, 15) is 9.90 Å². The number of pyridine rings is 2. The molecule has 0 unspecified atom stereocenters. The minimum absolute atomic E-state index is 0.00575. The number of aromatic nitrogens is 2. The molecule has 3 rings (SSSR count). The lowest BCUT2D eigenvalue weighted by atomic mass is 9.88. The number of carbonyl (C=O) groups is 1. The third-order valence-corrected chi connectivity index (χ3v) is 4.02. The van der Waals surface area contributed by atoms with Crippen LogP contribution in [0.4, 0.5) is 0 Å². The number of hydrogen-bond acceptors (Lipinski definition) is 7. The fraction of sp³-hybridized carbons (Fsp3) is 0.353. The van der Waals surface area contributed by atoms with Crippen molar-refractivity contribution in [2.75, 3.05) is 33.5 Å². The first kappa shape index (κ1) is 17.1. The van der Waals surface area contributed by atoms with Crippen LogP contribution in [0.25, 0.3) is 11.4 Å². The van der Waals surface area contributed by atoms with E-state index < -0.39 is 5.91 Å². The number of aliphatic hydroxyl groups is 1. The number of carbonyl (C=O) groups excluding carboxylic acids is 1. The van der Waals surface area contributed by atoms with E-state index in [-0.39, 0.29) is 17.6 Å². The van der Waals surface area contributed by atoms with Crippen LogP contribution in [0.2, 0.25) is 0 Å². The van der Waals surface area contributed by atoms with Crippen LogP contribution in [-0.4, -0.2) is 54.5 Å². The minimum atomic E-state index is -0.607. The Bertz CT molecular complexity index is 771. The summed E-state index contributed by atoms with van der Waals surface area (Å²) in [6.45, 7) is 1.24. The smallest absolute Gasteiger partial charge is 0.250 e. The van der Waals surface area contributed by atoms with E-state index in [1.165, 1.54) is 7.11 Å². The van der Waals surface area contributed by atoms with Crippen LogP contribution in [-0.2, 0) is 4.74 Å². The molecule has 0 atom stereocenters. The molecule has 0 radical (unpaired) electrons. The van der Waals surface area contributed by atoms with Crippen LogP contribution in [0.1, 0.15) is 10.4 Å². The summed E-state index contributed by atoms with van der Waals surface area (Å²) in [6, 6.07) is 6.47. The fourth-order valence-corrected chi connectivity index (χ4v) is 2.43. The predicted molar refractivity (Wildman–Crippen MR) is 88.4 cm³/mol. The quantitative estimate of drug-likeness (QED) is 0.756. The van der Waals surface area contributed by atoms with Crippen molar-refractivity contribution >= 4 is 5.91 Å². The highest BCUT2D eigenvalue weighted by molar-refractivity contribution is 5.98. The molecule has 0 aromatic carbocycles. The van der Waals surface area contributed by atoms with Gasteiger partial charge >= 0.3 is 0 Å². The monoisotopic (exact) mass is 345 g/mol. The zero-order valence-electron chi connectivity index (χ0n) is 13.8. The molecular formula is C17H19N3O5. The van der Waals surface area contributed by atoms with Gasteiger partial charge in [0.05, 0.1) is 43.6 Å². The van der Waals surface area contributed by atoms with Gasteiger partial charge in [-0.2, -0.15) is 0 Å². The van der Waals surface area contributed by atoms with Crippen LogP contribution >= 0.6 is 0 Å². The van der Waals surface area contributed by atoms with Crippen molar-refractivity contribution in [3.63, 3.8) is 0 Å². The maximum atomic E-state index is 11.7. The Morgan fingerprint density at radius 3 is 2.80 bits per heavy atom. The summed E-state index contributed by atoms with van der Waals surface area (Å²) in [5.41, 5.74) is 6.05. The maximum absolute atomic E-state index is 11.7. The van der Waals surface area contributed by atoms with E-state index >= 15 is 0 Å². The first-order chi connectivity index (χ1) is 12.1. The summed E-state index contributed by atoms with van der Waals surface area (Å²) >= 11 is 0. The number of primary amides is 1. The highest BCUT2D eigenvalue weighted by Crippen LogP contribution is 2.29. The third-order valence-electron chi connectivity index (χ3n) is 4.02. The summed E-state index contributed by atoms with van der Waals surface area (Å²) in [7, 11) is 1.48. The Morgan fingerprint density at radius 2 is 2.20 bits per heavy atom. The molecule has 132 valence electrons. The van der Waals surface area contributed by atoms with Gasteiger partial charge in [0.25, 0.3) is 5.91 Å². The van der Waals surface area contributed by atoms with E-state index in [0.29, 0.717) is 42.8 Å². The van der Waals surface area contributed by atoms with Gasteiger partial charge in [-0.15, -0.1) is 0 Å². The number of amides is 1. The van der Waals surface area contributed by atoms with Gasteiger partial charge in [0.15, 0.2) is 0 Å². The predicted octanol–water partition coefficient (Wildman–Crippen LogP) is 0.639. The molecule has 2 aromatic rings. The Morgan fingerprint density at radius 1 is 1.40 bits per heavy atom. The number of nitrogens with zero attached hydrogens (tertiary/aromatic N) is 2. The molecule has 3 heterocycles. The molecular weight excluding hydrogens is 326 g/mol. The second-order valence-corrected chi connectivity index (χ2v) is 5.93. The summed E-state index contributed by atoms with van der Waals surface area (Å²) in [4.78, 5) is 20.2. The van der Waals surface area contributed by atoms with Crippen molar-refractivity contribution < 1.29 is 24.1 Å². The van der Waals surface area contributed by atoms with Crippen LogP contribution in [0.3, 0.4) is 0 Å². The maximum Gasteiger partial charge on any atom is 0.250 e. The van der Waals surface area contributed by atoms with Gasteiger partial charge in [0.2, 0.25) is 5.88 Å². The first-order valence-electron chi connectivity index (χ1n) is 7.69. The summed E-state index contributed by atoms with van der Waals surface area (Å²) in [5.74, 6) is 0.285. The van der Waals surface area contributed by atoms with Gasteiger partial charge in [0.1, 0.15) is 18.1 Å². The van der Waals surface area contributed by atoms with Crippen molar-refractivity contribution in [2.45, 2.75) is 0 Å². The molecule has 1 aliphatic heterocycles. The number of hydrogen-bond donors (Lipinski definition) is 2. The van der Waals surface area contributed by atoms with Gasteiger partial charge in [-0.25, -0.2) is 4.98 Å². The Balaban J connectivity index is 1.87. The number of rotatable bonds is 7. The molecule has 8 heteroatoms. The van der Waals surface area contributed by atoms with Gasteiger partial charge in [-0.1, -0.05) is 0 Å². The topological polar surface area (TPSA) is 117 Å². The van der Waals surface area contributed by atoms with Crippen molar-refractivity contribution in [3.05, 3.63) is 36.0 Å². The summed E-state index contributed by atoms with van der Waals surface area (Å²) in [5, 5.41) is 9.45. The van der Waals surface area contributed by atoms with Crippen molar-refractivity contribution in [2.24, 2.45) is 11.1 Å². The van der Waals surface area contributed by atoms with Gasteiger partial charge in [-0.05, 0) is 12.1 Å². The zero-order chi connectivity index (χ0) is 17.9. The van der Waals surface area contributed by atoms with Gasteiger partial charge in [0, 0.05) is 18.3 Å². The van der Waals surface area contributed by atoms with E-state index in [2.05, 4.69) is 9.97 Å². The Labute approximate surface area is 144 Å². The molecule has 3 N–H and O–H groups in total. The molecule has 1 amide bonds. The fourth-order valence-electron chi connectivity index (χ4n) is 2.43. The van der Waals surface area contributed by atoms with E-state index in [1.54, 1.807) is 30.5 Å². The Hall–Kier alpha value is -2.71. The molecule has 0 saturated carbocycles. The molecule has 25 heavy (non-hydrogen) atoms. The molecule has 0 bridgehead atoms. The highest BCUT2D eigenvalue weighted by Gasteiger charge is 2.39. The molecule has 0 aliphatic carbocycles. The van der Waals surface area contributed by atoms with Crippen molar-refractivity contribution in [1.82, 2.24) is 9.97 Å². The molecule has 8 nitrogen and oxygen atoms in total.